The van der Waals surface area contributed by atoms with Gasteiger partial charge in [-0.05, 0) is 38.3 Å². The molecule has 5 rings (SSSR count). The lowest BCUT2D eigenvalue weighted by Crippen LogP contribution is -2.35. The predicted octanol–water partition coefficient (Wildman–Crippen LogP) is 2.95. The van der Waals surface area contributed by atoms with Gasteiger partial charge in [-0.3, -0.25) is 9.36 Å². The number of ether oxygens (including phenoxy) is 1. The van der Waals surface area contributed by atoms with E-state index in [1.54, 1.807) is 13.0 Å². The molecule has 16 heteroatoms. The highest BCUT2D eigenvalue weighted by molar-refractivity contribution is 7.89. The maximum Gasteiger partial charge on any atom is 0.409 e. The van der Waals surface area contributed by atoms with Crippen molar-refractivity contribution in [3.8, 4) is 17.3 Å². The number of aromatic nitrogens is 7. The number of nitrogens with one attached hydrogen (secondary N) is 1. The Balaban J connectivity index is 1.65. The summed E-state index contributed by atoms with van der Waals surface area (Å²) in [4.78, 5) is 39.2. The monoisotopic (exact) mass is 575 g/mol. The molecule has 210 valence electrons. The van der Waals surface area contributed by atoms with Gasteiger partial charge >= 0.3 is 6.18 Å². The van der Waals surface area contributed by atoms with Gasteiger partial charge in [0, 0.05) is 24.7 Å². The second kappa shape index (κ2) is 10.6. The number of alkyl halides is 3. The van der Waals surface area contributed by atoms with Crippen LogP contribution in [0.3, 0.4) is 0 Å². The van der Waals surface area contributed by atoms with Gasteiger partial charge in [0.15, 0.2) is 17.3 Å². The van der Waals surface area contributed by atoms with Crippen molar-refractivity contribution in [2.45, 2.75) is 56.4 Å². The number of pyridine rings is 1. The number of anilines is 1. The largest absolute Gasteiger partial charge is 0.592 e. The van der Waals surface area contributed by atoms with Crippen molar-refractivity contribution in [2.24, 2.45) is 5.14 Å². The van der Waals surface area contributed by atoms with Crippen LogP contribution in [0.1, 0.15) is 48.7 Å². The Bertz CT molecular complexity index is 1630. The van der Waals surface area contributed by atoms with Crippen LogP contribution >= 0.6 is 0 Å². The van der Waals surface area contributed by atoms with Crippen LogP contribution in [0.15, 0.2) is 34.5 Å². The Hall–Kier alpha value is -3.89. The molecule has 4 aromatic heterocycles. The number of hydrogen-bond acceptors (Lipinski definition) is 11. The molecule has 2 atom stereocenters. The smallest absolute Gasteiger partial charge is 0.409 e. The molecule has 3 N–H and O–H groups in total. The summed E-state index contributed by atoms with van der Waals surface area (Å²) in [7, 11) is 1.41. The van der Waals surface area contributed by atoms with E-state index in [1.165, 1.54) is 25.7 Å². The zero-order valence-electron chi connectivity index (χ0n) is 21.6. The van der Waals surface area contributed by atoms with Crippen LogP contribution in [0.4, 0.5) is 19.0 Å². The quantitative estimate of drug-likeness (QED) is 0.296. The molecule has 4 aromatic rings. The molecule has 1 saturated carbocycles. The average molecular weight is 576 g/mol. The van der Waals surface area contributed by atoms with Crippen LogP contribution in [0.25, 0.3) is 22.6 Å². The van der Waals surface area contributed by atoms with Crippen LogP contribution in [0.2, 0.25) is 0 Å². The number of aryl methyl sites for hydroxylation is 1. The van der Waals surface area contributed by atoms with Crippen molar-refractivity contribution < 1.29 is 22.5 Å². The zero-order valence-corrected chi connectivity index (χ0v) is 22.4. The van der Waals surface area contributed by atoms with E-state index in [9.17, 15) is 22.5 Å². The van der Waals surface area contributed by atoms with Gasteiger partial charge in [0.2, 0.25) is 5.88 Å². The standard InChI is InChI=1S/C24H24F3N9O3S/c1-11-17-21(35-19(33-11)16-18(14-5-6-14)31-10-32-22(16)39-3)36(12(2)24(25,26)27)23(37)20(34-17)30-9-13-4-7-15(29-8-13)40(28)38/h4,7-8,10,12,14H,5-6,9,28H2,1-3H3,(H,30,34)/t12-,40?/m0/s1. The molecule has 1 unspecified atom stereocenters. The molecular weight excluding hydrogens is 551 g/mol. The van der Waals surface area contributed by atoms with Crippen LogP contribution in [0.5, 0.6) is 5.88 Å². The van der Waals surface area contributed by atoms with E-state index in [0.29, 0.717) is 21.4 Å². The third-order valence-electron chi connectivity index (χ3n) is 6.46. The summed E-state index contributed by atoms with van der Waals surface area (Å²) < 4.78 is 59.4. The van der Waals surface area contributed by atoms with Gasteiger partial charge in [0.25, 0.3) is 10.6 Å². The van der Waals surface area contributed by atoms with E-state index in [2.05, 4.69) is 35.2 Å². The van der Waals surface area contributed by atoms with Gasteiger partial charge in [-0.1, -0.05) is 0 Å². The summed E-state index contributed by atoms with van der Waals surface area (Å²) in [6, 6.07) is 0.790. The first kappa shape index (κ1) is 27.7. The fraction of sp³-hybridized carbons (Fsp3) is 0.375. The third kappa shape index (κ3) is 5.29. The summed E-state index contributed by atoms with van der Waals surface area (Å²) in [5, 5.41) is 8.25. The highest BCUT2D eigenvalue weighted by Crippen LogP contribution is 2.45. The molecule has 1 aliphatic carbocycles. The first-order valence-electron chi connectivity index (χ1n) is 12.1. The number of fused-ring (bicyclic) bond motifs is 1. The van der Waals surface area contributed by atoms with E-state index in [-0.39, 0.29) is 51.9 Å². The third-order valence-corrected chi connectivity index (χ3v) is 7.11. The number of hydrogen-bond donors (Lipinski definition) is 2. The van der Waals surface area contributed by atoms with Gasteiger partial charge in [0.05, 0.1) is 29.9 Å². The second-order valence-electron chi connectivity index (χ2n) is 9.23. The van der Waals surface area contributed by atoms with Crippen LogP contribution in [-0.2, 0) is 17.9 Å². The molecular formula is C24H24F3N9O3S. The molecule has 0 aromatic carbocycles. The lowest BCUT2D eigenvalue weighted by atomic mass is 10.1. The van der Waals surface area contributed by atoms with E-state index >= 15 is 0 Å². The fourth-order valence-electron chi connectivity index (χ4n) is 4.19. The van der Waals surface area contributed by atoms with Crippen molar-refractivity contribution in [2.75, 3.05) is 12.4 Å². The minimum absolute atomic E-state index is 0.0000778. The fourth-order valence-corrected chi connectivity index (χ4v) is 4.55. The molecule has 12 nitrogen and oxygen atoms in total. The number of halogens is 3. The molecule has 0 saturated heterocycles. The van der Waals surface area contributed by atoms with Crippen molar-refractivity contribution in [1.82, 2.24) is 34.5 Å². The summed E-state index contributed by atoms with van der Waals surface area (Å²) in [6.07, 6.45) is -0.260. The minimum atomic E-state index is -4.77. The van der Waals surface area contributed by atoms with Gasteiger partial charge in [-0.2, -0.15) is 13.2 Å². The average Bonchev–Trinajstić information content (AvgIpc) is 3.76. The topological polar surface area (TPSA) is 170 Å². The van der Waals surface area contributed by atoms with Gasteiger partial charge in [-0.15, -0.1) is 5.14 Å². The summed E-state index contributed by atoms with van der Waals surface area (Å²) in [5.74, 6) is 0.0188. The number of nitrogens with zero attached hydrogens (tertiary/aromatic N) is 7. The molecule has 0 aliphatic heterocycles. The number of nitrogens with two attached hydrogens (primary N) is 1. The van der Waals surface area contributed by atoms with Crippen LogP contribution < -0.4 is 20.8 Å². The Kier molecular flexibility index (Phi) is 7.32. The van der Waals surface area contributed by atoms with E-state index in [1.807, 2.05) is 0 Å². The van der Waals surface area contributed by atoms with Crippen LogP contribution in [-0.4, -0.2) is 52.3 Å². The second-order valence-corrected chi connectivity index (χ2v) is 10.2. The lowest BCUT2D eigenvalue weighted by Gasteiger charge is -2.22. The van der Waals surface area contributed by atoms with E-state index in [4.69, 9.17) is 9.88 Å². The molecule has 0 spiro atoms. The molecule has 1 aliphatic rings. The zero-order chi connectivity index (χ0) is 28.8. The molecule has 0 amide bonds. The Labute approximate surface area is 228 Å². The summed E-state index contributed by atoms with van der Waals surface area (Å²) in [6.45, 7) is 2.44. The maximum atomic E-state index is 14.0. The summed E-state index contributed by atoms with van der Waals surface area (Å²) in [5.41, 5.74) is 0.506. The highest BCUT2D eigenvalue weighted by atomic mass is 32.2. The number of rotatable bonds is 8. The first-order chi connectivity index (χ1) is 19.0. The SMILES string of the molecule is COc1ncnc(C2CC2)c1-c1nc(C)c2nc(NCc3ccc([S+](N)[O-])nc3)c(=O)n([C@@H](C)C(F)(F)F)c2n1. The molecule has 1 fully saturated rings. The Morgan fingerprint density at radius 1 is 1.23 bits per heavy atom. The van der Waals surface area contributed by atoms with Crippen molar-refractivity contribution in [1.29, 1.82) is 0 Å². The lowest BCUT2D eigenvalue weighted by molar-refractivity contribution is -0.162. The molecule has 4 heterocycles. The highest BCUT2D eigenvalue weighted by Gasteiger charge is 2.40. The van der Waals surface area contributed by atoms with Crippen molar-refractivity contribution >= 4 is 28.3 Å². The van der Waals surface area contributed by atoms with Gasteiger partial charge in [-0.25, -0.2) is 29.9 Å². The van der Waals surface area contributed by atoms with Crippen molar-refractivity contribution in [3.05, 3.63) is 52.0 Å². The van der Waals surface area contributed by atoms with Gasteiger partial charge < -0.3 is 14.6 Å². The Morgan fingerprint density at radius 3 is 2.58 bits per heavy atom. The normalized spacial score (nSPS) is 15.2. The Morgan fingerprint density at radius 2 is 1.98 bits per heavy atom. The minimum Gasteiger partial charge on any atom is -0.592 e. The van der Waals surface area contributed by atoms with Crippen LogP contribution in [0, 0.1) is 6.92 Å². The molecule has 40 heavy (non-hydrogen) atoms. The summed E-state index contributed by atoms with van der Waals surface area (Å²) >= 11 is -1.77. The maximum absolute atomic E-state index is 14.0. The van der Waals surface area contributed by atoms with E-state index in [0.717, 1.165) is 19.8 Å². The number of methoxy groups -OCH3 is 1. The van der Waals surface area contributed by atoms with E-state index < -0.39 is 29.1 Å². The van der Waals surface area contributed by atoms with Crippen molar-refractivity contribution in [3.63, 3.8) is 0 Å². The molecule has 0 radical (unpaired) electrons. The van der Waals surface area contributed by atoms with Gasteiger partial charge in [0.1, 0.15) is 23.4 Å². The molecule has 0 bridgehead atoms. The predicted molar refractivity (Wildman–Crippen MR) is 139 cm³/mol. The first-order valence-corrected chi connectivity index (χ1v) is 13.3.